The molecule has 5 N–H and O–H groups in total. The standard InChI is InChI=1S/C36H52N4O7S/c1-23-11-16-26(34-33(45)32(44)31(43)28(47-34)22-48-7)20-27(23)19-25-14-12-24(13-15-25)9-8-10-29(41)38-36(2,3)35(46)37-17-18-40(6)21-30(42)39(4)5/h11-16,20,28,31-34,43-45H,8-10,17-19,21H2,1-7H3,(H,37,46)(H,38,41)/t28?,31-,32+,33-,34+/m1/s1. The van der Waals surface area contributed by atoms with Crippen LogP contribution in [0.5, 0.6) is 0 Å². The van der Waals surface area contributed by atoms with Crippen LogP contribution in [0.4, 0.5) is 0 Å². The third kappa shape index (κ3) is 11.1. The Morgan fingerprint density at radius 3 is 2.29 bits per heavy atom. The number of nitrogens with zero attached hydrogens (tertiary/aromatic N) is 2. The number of aliphatic hydroxyl groups is 3. The summed E-state index contributed by atoms with van der Waals surface area (Å²) in [5.41, 5.74) is 3.99. The Morgan fingerprint density at radius 1 is 0.979 bits per heavy atom. The van der Waals surface area contributed by atoms with Crippen LogP contribution in [0.3, 0.4) is 0 Å². The van der Waals surface area contributed by atoms with E-state index in [1.807, 2.05) is 37.1 Å². The largest absolute Gasteiger partial charge is 0.387 e. The molecule has 0 radical (unpaired) electrons. The van der Waals surface area contributed by atoms with Gasteiger partial charge in [-0.1, -0.05) is 47.6 Å². The summed E-state index contributed by atoms with van der Waals surface area (Å²) >= 11 is 1.26. The van der Waals surface area contributed by atoms with Crippen LogP contribution < -0.4 is 10.6 Å². The number of ether oxygens (including phenoxy) is 1. The molecule has 0 spiro atoms. The van der Waals surface area contributed by atoms with Crippen molar-refractivity contribution < 1.29 is 34.4 Å². The van der Waals surface area contributed by atoms with Crippen LogP contribution in [0.2, 0.25) is 0 Å². The smallest absolute Gasteiger partial charge is 0.245 e. The number of likely N-dealkylation sites (N-methyl/N-ethyl adjacent to an activating group) is 2. The lowest BCUT2D eigenvalue weighted by Gasteiger charge is -2.39. The van der Waals surface area contributed by atoms with E-state index in [4.69, 9.17) is 4.74 Å². The van der Waals surface area contributed by atoms with Crippen molar-refractivity contribution in [1.29, 1.82) is 0 Å². The van der Waals surface area contributed by atoms with Crippen LogP contribution >= 0.6 is 11.2 Å². The molecule has 1 heterocycles. The Morgan fingerprint density at radius 2 is 1.65 bits per heavy atom. The number of carbonyl (C=O) groups excluding carboxylic acids is 3. The minimum atomic E-state index is -1.35. The molecule has 1 aliphatic rings. The first-order valence-electron chi connectivity index (χ1n) is 16.3. The molecule has 5 atom stereocenters. The molecule has 1 fully saturated rings. The number of aryl methyl sites for hydroxylation is 2. The van der Waals surface area contributed by atoms with Gasteiger partial charge in [0, 0.05) is 39.9 Å². The van der Waals surface area contributed by atoms with Crippen LogP contribution in [-0.4, -0.2) is 120 Å². The summed E-state index contributed by atoms with van der Waals surface area (Å²) in [7, 11) is 5.22. The minimum Gasteiger partial charge on any atom is -0.387 e. The Labute approximate surface area is 288 Å². The summed E-state index contributed by atoms with van der Waals surface area (Å²) in [6, 6.07) is 14.0. The number of hydrogen-bond acceptors (Lipinski definition) is 8. The van der Waals surface area contributed by atoms with Gasteiger partial charge in [-0.05, 0) is 74.9 Å². The number of nitrogens with one attached hydrogen (secondary N) is 2. The molecule has 12 heteroatoms. The lowest BCUT2D eigenvalue weighted by molar-refractivity contribution is -0.209. The molecule has 0 aliphatic carbocycles. The number of rotatable bonds is 14. The second kappa shape index (κ2) is 17.9. The van der Waals surface area contributed by atoms with Gasteiger partial charge in [-0.3, -0.25) is 19.3 Å². The Balaban J connectivity index is 1.48. The Bertz CT molecular complexity index is 1470. The molecule has 3 rings (SSSR count). The number of benzene rings is 2. The van der Waals surface area contributed by atoms with E-state index in [1.54, 1.807) is 34.2 Å². The highest BCUT2D eigenvalue weighted by molar-refractivity contribution is 7.87. The summed E-state index contributed by atoms with van der Waals surface area (Å²) in [5.74, 6) is -0.490. The highest BCUT2D eigenvalue weighted by Gasteiger charge is 2.43. The highest BCUT2D eigenvalue weighted by Crippen LogP contribution is 2.33. The monoisotopic (exact) mass is 684 g/mol. The third-order valence-corrected chi connectivity index (χ3v) is 9.01. The van der Waals surface area contributed by atoms with Crippen molar-refractivity contribution in [3.05, 3.63) is 70.3 Å². The summed E-state index contributed by atoms with van der Waals surface area (Å²) in [5, 5.41) is 40.0. The Kier molecular flexibility index (Phi) is 14.6. The molecule has 3 amide bonds. The molecule has 0 aromatic heterocycles. The molecule has 1 unspecified atom stereocenters. The normalized spacial score (nSPS) is 20.9. The molecule has 2 aromatic rings. The van der Waals surface area contributed by atoms with Crippen molar-refractivity contribution in [2.45, 2.75) is 82.5 Å². The molecule has 1 aliphatic heterocycles. The zero-order valence-electron chi connectivity index (χ0n) is 29.2. The molecular weight excluding hydrogens is 632 g/mol. The van der Waals surface area contributed by atoms with Gasteiger partial charge >= 0.3 is 0 Å². The van der Waals surface area contributed by atoms with Crippen LogP contribution in [0.25, 0.3) is 0 Å². The first-order chi connectivity index (χ1) is 22.6. The van der Waals surface area contributed by atoms with Gasteiger partial charge in [-0.25, -0.2) is 0 Å². The van der Waals surface area contributed by atoms with Gasteiger partial charge in [0.15, 0.2) is 0 Å². The quantitative estimate of drug-likeness (QED) is 0.202. The van der Waals surface area contributed by atoms with Gasteiger partial charge in [-0.15, -0.1) is 11.2 Å². The summed E-state index contributed by atoms with van der Waals surface area (Å²) in [6.45, 7) is 6.50. The van der Waals surface area contributed by atoms with Gasteiger partial charge in [0.1, 0.15) is 36.1 Å². The predicted octanol–water partition coefficient (Wildman–Crippen LogP) is 1.78. The average molecular weight is 685 g/mol. The summed E-state index contributed by atoms with van der Waals surface area (Å²) < 4.78 is 5.95. The second-order valence-electron chi connectivity index (χ2n) is 13.3. The van der Waals surface area contributed by atoms with E-state index < -0.39 is 36.1 Å². The van der Waals surface area contributed by atoms with E-state index in [0.29, 0.717) is 32.4 Å². The fourth-order valence-corrected chi connectivity index (χ4v) is 5.85. The number of hydrogen-bond donors (Lipinski definition) is 5. The van der Waals surface area contributed by atoms with Crippen molar-refractivity contribution in [2.75, 3.05) is 47.0 Å². The maximum Gasteiger partial charge on any atom is 0.245 e. The molecule has 2 aromatic carbocycles. The van der Waals surface area contributed by atoms with Crippen LogP contribution in [0.15, 0.2) is 42.5 Å². The van der Waals surface area contributed by atoms with Crippen LogP contribution in [0.1, 0.15) is 60.6 Å². The van der Waals surface area contributed by atoms with Gasteiger partial charge in [0.2, 0.25) is 17.7 Å². The first-order valence-corrected chi connectivity index (χ1v) is 17.5. The van der Waals surface area contributed by atoms with Crippen LogP contribution in [-0.2, 0) is 32.0 Å². The second-order valence-corrected chi connectivity index (χ2v) is 13.9. The van der Waals surface area contributed by atoms with Gasteiger partial charge in [0.05, 0.1) is 6.54 Å². The number of amides is 3. The molecule has 0 bridgehead atoms. The molecular formula is C36H52N4O7S. The summed E-state index contributed by atoms with van der Waals surface area (Å²) in [4.78, 5) is 40.6. The van der Waals surface area contributed by atoms with Crippen molar-refractivity contribution in [1.82, 2.24) is 20.4 Å². The maximum absolute atomic E-state index is 12.7. The van der Waals surface area contributed by atoms with E-state index in [2.05, 4.69) is 40.1 Å². The average Bonchev–Trinajstić information content (AvgIpc) is 3.03. The van der Waals surface area contributed by atoms with E-state index in [0.717, 1.165) is 27.8 Å². The van der Waals surface area contributed by atoms with Crippen molar-refractivity contribution in [3.63, 3.8) is 0 Å². The molecule has 0 saturated carbocycles. The SMILES string of the molecule is CS#CC1O[C@@H](c2ccc(C)c(Cc3ccc(CCCC(=O)NC(C)(C)C(=O)NCCN(C)CC(=O)N(C)C)cc3)c2)[C@H](O)[C@@H](O)[C@@H]1O. The number of aliphatic hydroxyl groups excluding tert-OH is 3. The van der Waals surface area contributed by atoms with Gasteiger partial charge < -0.3 is 35.6 Å². The molecule has 1 saturated heterocycles. The minimum absolute atomic E-state index is 0.0137. The van der Waals surface area contributed by atoms with E-state index in [-0.39, 0.29) is 30.7 Å². The zero-order chi connectivity index (χ0) is 35.6. The fraction of sp³-hybridized carbons (Fsp3) is 0.556. The number of carbonyl (C=O) groups is 3. The summed E-state index contributed by atoms with van der Waals surface area (Å²) in [6.07, 6.45) is -1.42. The van der Waals surface area contributed by atoms with Gasteiger partial charge in [-0.2, -0.15) is 0 Å². The third-order valence-electron chi connectivity index (χ3n) is 8.54. The maximum atomic E-state index is 12.7. The predicted molar refractivity (Wildman–Crippen MR) is 188 cm³/mol. The van der Waals surface area contributed by atoms with Gasteiger partial charge in [0.25, 0.3) is 0 Å². The van der Waals surface area contributed by atoms with E-state index >= 15 is 0 Å². The van der Waals surface area contributed by atoms with Crippen molar-refractivity contribution in [2.24, 2.45) is 0 Å². The van der Waals surface area contributed by atoms with Crippen molar-refractivity contribution >= 4 is 28.9 Å². The zero-order valence-corrected chi connectivity index (χ0v) is 30.0. The molecule has 48 heavy (non-hydrogen) atoms. The highest BCUT2D eigenvalue weighted by atomic mass is 32.1. The van der Waals surface area contributed by atoms with Crippen LogP contribution in [0, 0.1) is 12.1 Å². The lowest BCUT2D eigenvalue weighted by atomic mass is 9.89. The topological polar surface area (TPSA) is 152 Å². The lowest BCUT2D eigenvalue weighted by Crippen LogP contribution is -2.55. The first kappa shape index (κ1) is 39.1. The fourth-order valence-electron chi connectivity index (χ4n) is 5.42. The van der Waals surface area contributed by atoms with Crippen molar-refractivity contribution in [3.8, 4) is 5.18 Å². The Hall–Kier alpha value is -3.35. The van der Waals surface area contributed by atoms with E-state index in [9.17, 15) is 29.7 Å². The molecule has 264 valence electrons. The van der Waals surface area contributed by atoms with E-state index in [1.165, 1.54) is 16.1 Å². The molecule has 11 nitrogen and oxygen atoms in total.